The summed E-state index contributed by atoms with van der Waals surface area (Å²) in [6.07, 6.45) is 1.23. The molecule has 6 heteroatoms. The van der Waals surface area contributed by atoms with Crippen LogP contribution in [0.4, 0.5) is 0 Å². The lowest BCUT2D eigenvalue weighted by molar-refractivity contribution is 0.415. The summed E-state index contributed by atoms with van der Waals surface area (Å²) in [6.45, 7) is 0. The highest BCUT2D eigenvalue weighted by Crippen LogP contribution is 2.27. The van der Waals surface area contributed by atoms with E-state index in [1.165, 1.54) is 18.2 Å². The molecule has 0 amide bonds. The predicted octanol–water partition coefficient (Wildman–Crippen LogP) is 4.29. The van der Waals surface area contributed by atoms with Crippen LogP contribution in [0.15, 0.2) is 80.9 Å². The van der Waals surface area contributed by atoms with Gasteiger partial charge in [0.1, 0.15) is 23.3 Å². The van der Waals surface area contributed by atoms with Crippen LogP contribution in [0.3, 0.4) is 0 Å². The van der Waals surface area contributed by atoms with Crippen LogP contribution in [-0.2, 0) is 9.84 Å². The minimum atomic E-state index is -3.89. The zero-order valence-electron chi connectivity index (χ0n) is 13.9. The smallest absolute Gasteiger partial charge is 0.216 e. The van der Waals surface area contributed by atoms with Gasteiger partial charge in [0.2, 0.25) is 9.84 Å². The third-order valence-corrected chi connectivity index (χ3v) is 5.41. The molecule has 0 aliphatic heterocycles. The van der Waals surface area contributed by atoms with E-state index in [-0.39, 0.29) is 15.6 Å². The number of hydrogen-bond donors (Lipinski definition) is 0. The molecular formula is C20H15NO4S. The van der Waals surface area contributed by atoms with Gasteiger partial charge in [-0.15, -0.1) is 0 Å². The lowest BCUT2D eigenvalue weighted by Gasteiger charge is -2.02. The van der Waals surface area contributed by atoms with Crippen molar-refractivity contribution >= 4 is 15.9 Å². The third-order valence-electron chi connectivity index (χ3n) is 3.73. The third kappa shape index (κ3) is 3.53. The van der Waals surface area contributed by atoms with Crippen LogP contribution in [0.1, 0.15) is 5.76 Å². The molecule has 0 aliphatic carbocycles. The van der Waals surface area contributed by atoms with Gasteiger partial charge in [0.15, 0.2) is 4.91 Å². The van der Waals surface area contributed by atoms with E-state index < -0.39 is 9.84 Å². The van der Waals surface area contributed by atoms with Gasteiger partial charge in [-0.2, -0.15) is 5.26 Å². The average Bonchev–Trinajstić information content (AvgIpc) is 3.15. The Balaban J connectivity index is 1.94. The average molecular weight is 365 g/mol. The molecule has 5 nitrogen and oxygen atoms in total. The monoisotopic (exact) mass is 365 g/mol. The fourth-order valence-corrected chi connectivity index (χ4v) is 3.53. The fourth-order valence-electron chi connectivity index (χ4n) is 2.37. The van der Waals surface area contributed by atoms with Crippen molar-refractivity contribution in [3.63, 3.8) is 0 Å². The van der Waals surface area contributed by atoms with Crippen LogP contribution < -0.4 is 4.74 Å². The predicted molar refractivity (Wildman–Crippen MR) is 97.9 cm³/mol. The van der Waals surface area contributed by atoms with Gasteiger partial charge in [0.05, 0.1) is 12.0 Å². The van der Waals surface area contributed by atoms with Crippen molar-refractivity contribution in [2.24, 2.45) is 0 Å². The molecule has 0 spiro atoms. The van der Waals surface area contributed by atoms with E-state index in [2.05, 4.69) is 0 Å². The summed E-state index contributed by atoms with van der Waals surface area (Å²) in [6, 6.07) is 20.2. The molecular weight excluding hydrogens is 350 g/mol. The number of nitrogens with zero attached hydrogens (tertiary/aromatic N) is 1. The number of rotatable bonds is 5. The summed E-state index contributed by atoms with van der Waals surface area (Å²) >= 11 is 0. The lowest BCUT2D eigenvalue weighted by atomic mass is 10.2. The molecule has 0 aliphatic rings. The number of methoxy groups -OCH3 is 1. The van der Waals surface area contributed by atoms with Crippen LogP contribution in [0.25, 0.3) is 17.4 Å². The summed E-state index contributed by atoms with van der Waals surface area (Å²) in [7, 11) is -2.31. The van der Waals surface area contributed by atoms with E-state index in [1.807, 2.05) is 12.1 Å². The van der Waals surface area contributed by atoms with Gasteiger partial charge < -0.3 is 9.15 Å². The number of nitriles is 1. The summed E-state index contributed by atoms with van der Waals surface area (Å²) in [5, 5.41) is 9.31. The minimum Gasteiger partial charge on any atom is -0.497 e. The highest BCUT2D eigenvalue weighted by Gasteiger charge is 2.21. The SMILES string of the molecule is COc1ccc(-c2ccc(/C=C(/C#N)S(=O)(=O)c3ccccc3)o2)cc1. The molecule has 0 fully saturated rings. The second kappa shape index (κ2) is 7.30. The second-order valence-electron chi connectivity index (χ2n) is 5.37. The van der Waals surface area contributed by atoms with Crippen molar-refractivity contribution in [3.05, 3.63) is 77.4 Å². The van der Waals surface area contributed by atoms with Crippen LogP contribution in [0.5, 0.6) is 5.75 Å². The van der Waals surface area contributed by atoms with Gasteiger partial charge in [-0.05, 0) is 48.5 Å². The first-order chi connectivity index (χ1) is 12.5. The number of sulfone groups is 1. The van der Waals surface area contributed by atoms with Gasteiger partial charge >= 0.3 is 0 Å². The Labute approximate surface area is 151 Å². The zero-order valence-corrected chi connectivity index (χ0v) is 14.7. The number of hydrogen-bond acceptors (Lipinski definition) is 5. The molecule has 0 atom stereocenters. The van der Waals surface area contributed by atoms with Gasteiger partial charge in [-0.1, -0.05) is 18.2 Å². The maximum absolute atomic E-state index is 12.6. The maximum Gasteiger partial charge on any atom is 0.216 e. The molecule has 0 bridgehead atoms. The quantitative estimate of drug-likeness (QED) is 0.630. The van der Waals surface area contributed by atoms with Crippen LogP contribution in [0, 0.1) is 11.3 Å². The normalized spacial score (nSPS) is 11.8. The van der Waals surface area contributed by atoms with Crippen molar-refractivity contribution in [3.8, 4) is 23.1 Å². The lowest BCUT2D eigenvalue weighted by Crippen LogP contribution is -2.03. The number of ether oxygens (including phenoxy) is 1. The highest BCUT2D eigenvalue weighted by molar-refractivity contribution is 7.95. The Morgan fingerprint density at radius 3 is 2.35 bits per heavy atom. The van der Waals surface area contributed by atoms with E-state index in [0.717, 1.165) is 11.3 Å². The van der Waals surface area contributed by atoms with E-state index in [1.54, 1.807) is 55.6 Å². The minimum absolute atomic E-state index is 0.0646. The van der Waals surface area contributed by atoms with Crippen LogP contribution in [0.2, 0.25) is 0 Å². The summed E-state index contributed by atoms with van der Waals surface area (Å²) in [5.41, 5.74) is 0.815. The molecule has 3 rings (SSSR count). The Morgan fingerprint density at radius 1 is 1.04 bits per heavy atom. The molecule has 2 aromatic carbocycles. The molecule has 130 valence electrons. The Hall–Kier alpha value is -3.30. The van der Waals surface area contributed by atoms with Crippen molar-refractivity contribution in [2.45, 2.75) is 4.90 Å². The maximum atomic E-state index is 12.6. The summed E-state index contributed by atoms with van der Waals surface area (Å²) in [4.78, 5) is -0.311. The van der Waals surface area contributed by atoms with Gasteiger partial charge in [0, 0.05) is 11.6 Å². The molecule has 1 heterocycles. The summed E-state index contributed by atoms with van der Waals surface area (Å²) < 4.78 is 35.9. The molecule has 0 N–H and O–H groups in total. The zero-order chi connectivity index (χ0) is 18.6. The highest BCUT2D eigenvalue weighted by atomic mass is 32.2. The van der Waals surface area contributed by atoms with Gasteiger partial charge in [-0.25, -0.2) is 8.42 Å². The van der Waals surface area contributed by atoms with Crippen molar-refractivity contribution in [1.82, 2.24) is 0 Å². The van der Waals surface area contributed by atoms with Crippen molar-refractivity contribution < 1.29 is 17.6 Å². The van der Waals surface area contributed by atoms with E-state index in [4.69, 9.17) is 9.15 Å². The molecule has 0 saturated heterocycles. The molecule has 0 unspecified atom stereocenters. The number of allylic oxidation sites excluding steroid dienone is 1. The largest absolute Gasteiger partial charge is 0.497 e. The van der Waals surface area contributed by atoms with E-state index in [9.17, 15) is 13.7 Å². The first kappa shape index (κ1) is 17.5. The van der Waals surface area contributed by atoms with Crippen LogP contribution >= 0.6 is 0 Å². The fraction of sp³-hybridized carbons (Fsp3) is 0.0500. The second-order valence-corrected chi connectivity index (χ2v) is 7.29. The van der Waals surface area contributed by atoms with E-state index in [0.29, 0.717) is 5.76 Å². The first-order valence-electron chi connectivity index (χ1n) is 7.71. The Bertz CT molecular complexity index is 1070. The van der Waals surface area contributed by atoms with Crippen molar-refractivity contribution in [1.29, 1.82) is 5.26 Å². The van der Waals surface area contributed by atoms with Crippen LogP contribution in [-0.4, -0.2) is 15.5 Å². The van der Waals surface area contributed by atoms with E-state index >= 15 is 0 Å². The Kier molecular flexibility index (Phi) is 4.92. The number of furan rings is 1. The summed E-state index contributed by atoms with van der Waals surface area (Å²) in [5.74, 6) is 1.57. The topological polar surface area (TPSA) is 80.3 Å². The van der Waals surface area contributed by atoms with Crippen molar-refractivity contribution in [2.75, 3.05) is 7.11 Å². The number of benzene rings is 2. The standard InChI is InChI=1S/C20H15NO4S/c1-24-16-9-7-15(8-10-16)20-12-11-17(25-20)13-19(14-21)26(22,23)18-5-3-2-4-6-18/h2-13H,1H3/b19-13-. The molecule has 0 radical (unpaired) electrons. The van der Waals surface area contributed by atoms with Gasteiger partial charge in [0.25, 0.3) is 0 Å². The molecule has 3 aromatic rings. The first-order valence-corrected chi connectivity index (χ1v) is 9.19. The van der Waals surface area contributed by atoms with Gasteiger partial charge in [-0.3, -0.25) is 0 Å². The molecule has 1 aromatic heterocycles. The molecule has 26 heavy (non-hydrogen) atoms. The Morgan fingerprint density at radius 2 is 1.73 bits per heavy atom. The molecule has 0 saturated carbocycles.